The topological polar surface area (TPSA) is 115 Å². The second-order valence-corrected chi connectivity index (χ2v) is 7.84. The van der Waals surface area contributed by atoms with E-state index in [9.17, 15) is 18.3 Å². The second kappa shape index (κ2) is 7.41. The molecule has 0 aliphatic heterocycles. The van der Waals surface area contributed by atoms with Crippen molar-refractivity contribution in [1.29, 1.82) is 0 Å². The number of carboxylic acid groups (broad SMARTS) is 1. The van der Waals surface area contributed by atoms with E-state index in [2.05, 4.69) is 11.7 Å². The number of aromatic nitrogens is 2. The van der Waals surface area contributed by atoms with Crippen molar-refractivity contribution in [3.05, 3.63) is 72.4 Å². The standard InChI is InChI=1S/C20H19N3O4S/c1-3-12-23-19(20(24)25)17(14-6-4-13(2)5-7-14)18(22-23)15-8-10-16(11-9-15)28(21,26)27/h3-11H,1,12H2,2H3,(H,24,25)(H2,21,26,27). The fraction of sp³-hybridized carbons (Fsp3) is 0.100. The highest BCUT2D eigenvalue weighted by atomic mass is 32.2. The number of aryl methyl sites for hydroxylation is 1. The van der Waals surface area contributed by atoms with Crippen LogP contribution in [0.2, 0.25) is 0 Å². The Morgan fingerprint density at radius 2 is 1.71 bits per heavy atom. The molecule has 3 N–H and O–H groups in total. The molecular formula is C20H19N3O4S. The largest absolute Gasteiger partial charge is 0.477 e. The number of benzene rings is 2. The average molecular weight is 397 g/mol. The Balaban J connectivity index is 2.28. The molecule has 0 bridgehead atoms. The third kappa shape index (κ3) is 3.73. The molecule has 3 rings (SSSR count). The fourth-order valence-corrected chi connectivity index (χ4v) is 3.45. The van der Waals surface area contributed by atoms with E-state index < -0.39 is 16.0 Å². The summed E-state index contributed by atoms with van der Waals surface area (Å²) < 4.78 is 24.4. The molecule has 0 aliphatic rings. The Hall–Kier alpha value is -3.23. The number of allylic oxidation sites excluding steroid dienone is 1. The summed E-state index contributed by atoms with van der Waals surface area (Å²) in [5.41, 5.74) is 3.24. The minimum Gasteiger partial charge on any atom is -0.477 e. The van der Waals surface area contributed by atoms with Crippen LogP contribution in [0.15, 0.2) is 66.1 Å². The van der Waals surface area contributed by atoms with Crippen LogP contribution in [0.1, 0.15) is 16.1 Å². The number of primary sulfonamides is 1. The van der Waals surface area contributed by atoms with Crippen LogP contribution in [0, 0.1) is 6.92 Å². The van der Waals surface area contributed by atoms with E-state index in [4.69, 9.17) is 5.14 Å². The molecular weight excluding hydrogens is 378 g/mol. The first kappa shape index (κ1) is 19.5. The van der Waals surface area contributed by atoms with Crippen LogP contribution in [0.5, 0.6) is 0 Å². The first-order chi connectivity index (χ1) is 13.2. The lowest BCUT2D eigenvalue weighted by atomic mass is 9.98. The first-order valence-corrected chi connectivity index (χ1v) is 9.92. The zero-order valence-corrected chi connectivity index (χ0v) is 16.0. The molecule has 1 aromatic heterocycles. The normalized spacial score (nSPS) is 11.4. The molecule has 0 saturated heterocycles. The Labute approximate surface area is 162 Å². The molecule has 0 fully saturated rings. The predicted octanol–water partition coefficient (Wildman–Crippen LogP) is 3.06. The third-order valence-electron chi connectivity index (χ3n) is 4.25. The molecule has 0 atom stereocenters. The Bertz CT molecular complexity index is 1150. The van der Waals surface area contributed by atoms with Crippen LogP contribution in [0.3, 0.4) is 0 Å². The minimum absolute atomic E-state index is 0.0304. The third-order valence-corrected chi connectivity index (χ3v) is 5.18. The molecule has 0 unspecified atom stereocenters. The maximum absolute atomic E-state index is 12.0. The van der Waals surface area contributed by atoms with Crippen molar-refractivity contribution in [1.82, 2.24) is 9.78 Å². The maximum atomic E-state index is 12.0. The van der Waals surface area contributed by atoms with Crippen LogP contribution in [-0.2, 0) is 16.6 Å². The summed E-state index contributed by atoms with van der Waals surface area (Å²) in [4.78, 5) is 12.0. The summed E-state index contributed by atoms with van der Waals surface area (Å²) in [5.74, 6) is -1.11. The van der Waals surface area contributed by atoms with Crippen LogP contribution in [-0.4, -0.2) is 29.3 Å². The Kier molecular flexibility index (Phi) is 5.17. The van der Waals surface area contributed by atoms with E-state index in [1.807, 2.05) is 31.2 Å². The van der Waals surface area contributed by atoms with Gasteiger partial charge >= 0.3 is 5.97 Å². The average Bonchev–Trinajstić information content (AvgIpc) is 3.01. The van der Waals surface area contributed by atoms with Crippen LogP contribution < -0.4 is 5.14 Å². The summed E-state index contributed by atoms with van der Waals surface area (Å²) in [6, 6.07) is 13.3. The summed E-state index contributed by atoms with van der Waals surface area (Å²) in [5, 5.41) is 19.4. The molecule has 0 amide bonds. The zero-order chi connectivity index (χ0) is 20.5. The highest BCUT2D eigenvalue weighted by molar-refractivity contribution is 7.89. The van der Waals surface area contributed by atoms with Crippen LogP contribution in [0.4, 0.5) is 0 Å². The number of nitrogens with two attached hydrogens (primary N) is 1. The van der Waals surface area contributed by atoms with Crippen molar-refractivity contribution in [2.24, 2.45) is 5.14 Å². The van der Waals surface area contributed by atoms with E-state index in [1.54, 1.807) is 18.2 Å². The van der Waals surface area contributed by atoms with Gasteiger partial charge in [0.2, 0.25) is 10.0 Å². The van der Waals surface area contributed by atoms with Gasteiger partial charge in [-0.15, -0.1) is 6.58 Å². The van der Waals surface area contributed by atoms with Gasteiger partial charge in [0.05, 0.1) is 11.4 Å². The highest BCUT2D eigenvalue weighted by Gasteiger charge is 2.25. The SMILES string of the molecule is C=CCn1nc(-c2ccc(S(N)(=O)=O)cc2)c(-c2ccc(C)cc2)c1C(=O)O. The molecule has 8 heteroatoms. The van der Waals surface area contributed by atoms with Gasteiger partial charge in [-0.05, 0) is 24.6 Å². The van der Waals surface area contributed by atoms with E-state index in [0.29, 0.717) is 22.4 Å². The van der Waals surface area contributed by atoms with Gasteiger partial charge in [-0.25, -0.2) is 18.4 Å². The molecule has 28 heavy (non-hydrogen) atoms. The minimum atomic E-state index is -3.83. The van der Waals surface area contributed by atoms with Crippen molar-refractivity contribution >= 4 is 16.0 Å². The van der Waals surface area contributed by atoms with Gasteiger partial charge in [-0.1, -0.05) is 48.0 Å². The number of carboxylic acids is 1. The number of hydrogen-bond acceptors (Lipinski definition) is 4. The molecule has 1 heterocycles. The van der Waals surface area contributed by atoms with Gasteiger partial charge in [0.1, 0.15) is 5.69 Å². The van der Waals surface area contributed by atoms with Crippen molar-refractivity contribution in [3.63, 3.8) is 0 Å². The number of carbonyl (C=O) groups is 1. The maximum Gasteiger partial charge on any atom is 0.354 e. The van der Waals surface area contributed by atoms with Gasteiger partial charge < -0.3 is 5.11 Å². The van der Waals surface area contributed by atoms with Crippen molar-refractivity contribution in [3.8, 4) is 22.4 Å². The summed E-state index contributed by atoms with van der Waals surface area (Å²) in [6.07, 6.45) is 1.56. The van der Waals surface area contributed by atoms with Crippen molar-refractivity contribution in [2.45, 2.75) is 18.4 Å². The molecule has 144 valence electrons. The van der Waals surface area contributed by atoms with Crippen LogP contribution in [0.25, 0.3) is 22.4 Å². The molecule has 0 saturated carbocycles. The van der Waals surface area contributed by atoms with Gasteiger partial charge in [0, 0.05) is 11.1 Å². The number of hydrogen-bond donors (Lipinski definition) is 2. The van der Waals surface area contributed by atoms with Gasteiger partial charge in [-0.3, -0.25) is 4.68 Å². The molecule has 3 aromatic rings. The van der Waals surface area contributed by atoms with Crippen molar-refractivity contribution < 1.29 is 18.3 Å². The number of sulfonamides is 1. The smallest absolute Gasteiger partial charge is 0.354 e. The number of nitrogens with zero attached hydrogens (tertiary/aromatic N) is 2. The fourth-order valence-electron chi connectivity index (χ4n) is 2.93. The molecule has 7 nitrogen and oxygen atoms in total. The molecule has 0 aliphatic carbocycles. The van der Waals surface area contributed by atoms with E-state index in [0.717, 1.165) is 5.56 Å². The predicted molar refractivity (Wildman–Crippen MR) is 106 cm³/mol. The second-order valence-electron chi connectivity index (χ2n) is 6.28. The lowest BCUT2D eigenvalue weighted by Crippen LogP contribution is -2.11. The summed E-state index contributed by atoms with van der Waals surface area (Å²) in [6.45, 7) is 5.82. The quantitative estimate of drug-likeness (QED) is 0.620. The Morgan fingerprint density at radius 1 is 1.14 bits per heavy atom. The lowest BCUT2D eigenvalue weighted by molar-refractivity contribution is 0.0685. The van der Waals surface area contributed by atoms with Crippen LogP contribution >= 0.6 is 0 Å². The molecule has 0 spiro atoms. The number of rotatable bonds is 6. The Morgan fingerprint density at radius 3 is 2.21 bits per heavy atom. The van der Waals surface area contributed by atoms with E-state index in [-0.39, 0.29) is 17.1 Å². The van der Waals surface area contributed by atoms with Crippen molar-refractivity contribution in [2.75, 3.05) is 0 Å². The van der Waals surface area contributed by atoms with Gasteiger partial charge in [0.15, 0.2) is 5.69 Å². The summed E-state index contributed by atoms with van der Waals surface area (Å²) in [7, 11) is -3.83. The zero-order valence-electron chi connectivity index (χ0n) is 15.2. The summed E-state index contributed by atoms with van der Waals surface area (Å²) >= 11 is 0. The van der Waals surface area contributed by atoms with E-state index in [1.165, 1.54) is 16.8 Å². The first-order valence-electron chi connectivity index (χ1n) is 8.37. The highest BCUT2D eigenvalue weighted by Crippen LogP contribution is 2.35. The lowest BCUT2D eigenvalue weighted by Gasteiger charge is -2.07. The van der Waals surface area contributed by atoms with E-state index >= 15 is 0 Å². The molecule has 2 aromatic carbocycles. The monoisotopic (exact) mass is 397 g/mol. The van der Waals surface area contributed by atoms with Gasteiger partial charge in [-0.2, -0.15) is 5.10 Å². The molecule has 0 radical (unpaired) electrons. The van der Waals surface area contributed by atoms with Gasteiger partial charge in [0.25, 0.3) is 0 Å². The number of aromatic carboxylic acids is 1.